The Bertz CT molecular complexity index is 721. The number of alkyl halides is 1. The first-order valence-electron chi connectivity index (χ1n) is 6.50. The van der Waals surface area contributed by atoms with Crippen LogP contribution in [-0.2, 0) is 5.88 Å². The van der Waals surface area contributed by atoms with Gasteiger partial charge >= 0.3 is 0 Å². The maximum absolute atomic E-state index is 13.4. The van der Waals surface area contributed by atoms with Gasteiger partial charge < -0.3 is 4.57 Å². The minimum Gasteiger partial charge on any atom is -0.319 e. The number of halogens is 2. The summed E-state index contributed by atoms with van der Waals surface area (Å²) in [6, 6.07) is 9.07. The highest BCUT2D eigenvalue weighted by atomic mass is 35.5. The quantitative estimate of drug-likeness (QED) is 0.622. The largest absolute Gasteiger partial charge is 0.319 e. The van der Waals surface area contributed by atoms with Crippen LogP contribution in [0.25, 0.3) is 11.0 Å². The zero-order valence-corrected chi connectivity index (χ0v) is 12.6. The Morgan fingerprint density at radius 2 is 2.25 bits per heavy atom. The average Bonchev–Trinajstić information content (AvgIpc) is 3.08. The number of benzene rings is 1. The Morgan fingerprint density at radius 1 is 1.40 bits per heavy atom. The number of aromatic nitrogens is 2. The van der Waals surface area contributed by atoms with E-state index in [1.54, 1.807) is 17.4 Å². The molecular formula is C15H14ClFN2S. The molecule has 3 rings (SSSR count). The Labute approximate surface area is 125 Å². The van der Waals surface area contributed by atoms with Gasteiger partial charge in [-0.1, -0.05) is 13.0 Å². The van der Waals surface area contributed by atoms with Crippen LogP contribution >= 0.6 is 22.9 Å². The summed E-state index contributed by atoms with van der Waals surface area (Å²) >= 11 is 7.75. The summed E-state index contributed by atoms with van der Waals surface area (Å²) in [5.41, 5.74) is 1.60. The van der Waals surface area contributed by atoms with Crippen molar-refractivity contribution >= 4 is 34.0 Å². The van der Waals surface area contributed by atoms with Gasteiger partial charge in [0.2, 0.25) is 0 Å². The smallest absolute Gasteiger partial charge is 0.125 e. The van der Waals surface area contributed by atoms with Crippen molar-refractivity contribution in [3.8, 4) is 0 Å². The van der Waals surface area contributed by atoms with Gasteiger partial charge in [-0.2, -0.15) is 0 Å². The Balaban J connectivity index is 2.22. The molecule has 0 amide bonds. The van der Waals surface area contributed by atoms with Gasteiger partial charge in [-0.15, -0.1) is 22.9 Å². The van der Waals surface area contributed by atoms with E-state index in [1.807, 2.05) is 6.07 Å². The van der Waals surface area contributed by atoms with Crippen LogP contribution in [-0.4, -0.2) is 9.55 Å². The number of fused-ring (bicyclic) bond motifs is 1. The highest BCUT2D eigenvalue weighted by molar-refractivity contribution is 7.10. The average molecular weight is 309 g/mol. The lowest BCUT2D eigenvalue weighted by molar-refractivity contribution is 0.573. The molecule has 104 valence electrons. The Kier molecular flexibility index (Phi) is 3.76. The molecule has 20 heavy (non-hydrogen) atoms. The molecule has 0 fully saturated rings. The SMILES string of the molecule is CCC(c1cccs1)n1c(CCl)nc2cc(F)ccc21. The van der Waals surface area contributed by atoms with Gasteiger partial charge in [0.15, 0.2) is 0 Å². The van der Waals surface area contributed by atoms with Crippen LogP contribution in [0, 0.1) is 5.82 Å². The second kappa shape index (κ2) is 5.54. The lowest BCUT2D eigenvalue weighted by Crippen LogP contribution is -2.11. The Hall–Kier alpha value is -1.39. The van der Waals surface area contributed by atoms with Crippen LogP contribution in [0.5, 0.6) is 0 Å². The molecule has 0 aliphatic rings. The third-order valence-electron chi connectivity index (χ3n) is 3.41. The first kappa shape index (κ1) is 13.6. The number of nitrogens with zero attached hydrogens (tertiary/aromatic N) is 2. The zero-order chi connectivity index (χ0) is 14.1. The third kappa shape index (κ3) is 2.23. The summed E-state index contributed by atoms with van der Waals surface area (Å²) in [6.07, 6.45) is 0.938. The lowest BCUT2D eigenvalue weighted by atomic mass is 10.1. The molecule has 2 aromatic heterocycles. The molecule has 1 atom stereocenters. The molecule has 0 saturated carbocycles. The molecule has 0 aliphatic heterocycles. The summed E-state index contributed by atoms with van der Waals surface area (Å²) in [4.78, 5) is 5.73. The zero-order valence-electron chi connectivity index (χ0n) is 11.0. The van der Waals surface area contributed by atoms with Crippen molar-refractivity contribution in [3.63, 3.8) is 0 Å². The Morgan fingerprint density at radius 3 is 2.90 bits per heavy atom. The first-order valence-corrected chi connectivity index (χ1v) is 7.91. The molecule has 0 bridgehead atoms. The fourth-order valence-electron chi connectivity index (χ4n) is 2.56. The van der Waals surface area contributed by atoms with Gasteiger partial charge in [-0.3, -0.25) is 0 Å². The predicted molar refractivity (Wildman–Crippen MR) is 82.0 cm³/mol. The van der Waals surface area contributed by atoms with E-state index in [1.165, 1.54) is 17.0 Å². The molecule has 0 N–H and O–H groups in total. The van der Waals surface area contributed by atoms with Gasteiger partial charge in [0.1, 0.15) is 11.6 Å². The highest BCUT2D eigenvalue weighted by Gasteiger charge is 2.20. The number of hydrogen-bond acceptors (Lipinski definition) is 2. The topological polar surface area (TPSA) is 17.8 Å². The van der Waals surface area contributed by atoms with Crippen molar-refractivity contribution in [3.05, 3.63) is 52.2 Å². The maximum atomic E-state index is 13.4. The van der Waals surface area contributed by atoms with E-state index < -0.39 is 0 Å². The van der Waals surface area contributed by atoms with Crippen LogP contribution in [0.15, 0.2) is 35.7 Å². The van der Waals surface area contributed by atoms with Gasteiger partial charge in [0.25, 0.3) is 0 Å². The van der Waals surface area contributed by atoms with Gasteiger partial charge in [-0.05, 0) is 30.0 Å². The van der Waals surface area contributed by atoms with E-state index in [-0.39, 0.29) is 11.9 Å². The summed E-state index contributed by atoms with van der Waals surface area (Å²) in [6.45, 7) is 2.14. The van der Waals surface area contributed by atoms with Crippen LogP contribution in [0.3, 0.4) is 0 Å². The van der Waals surface area contributed by atoms with E-state index in [0.29, 0.717) is 11.4 Å². The molecule has 3 aromatic rings. The van der Waals surface area contributed by atoms with E-state index in [9.17, 15) is 4.39 Å². The first-order chi connectivity index (χ1) is 9.74. The van der Waals surface area contributed by atoms with Gasteiger partial charge in [0.05, 0.1) is 23.0 Å². The van der Waals surface area contributed by atoms with Crippen LogP contribution in [0.2, 0.25) is 0 Å². The molecule has 0 saturated heterocycles. The van der Waals surface area contributed by atoms with Gasteiger partial charge in [-0.25, -0.2) is 9.37 Å². The molecule has 2 heterocycles. The molecule has 2 nitrogen and oxygen atoms in total. The van der Waals surface area contributed by atoms with Crippen molar-refractivity contribution in [2.75, 3.05) is 0 Å². The summed E-state index contributed by atoms with van der Waals surface area (Å²) < 4.78 is 15.5. The number of imidazole rings is 1. The minimum atomic E-state index is -0.271. The molecule has 5 heteroatoms. The van der Waals surface area contributed by atoms with Crippen molar-refractivity contribution in [1.29, 1.82) is 0 Å². The molecule has 0 aliphatic carbocycles. The standard InChI is InChI=1S/C15H14ClFN2S/c1-2-12(14-4-3-7-20-14)19-13-6-5-10(17)8-11(13)18-15(19)9-16/h3-8,12H,2,9H2,1H3. The van der Waals surface area contributed by atoms with E-state index in [2.05, 4.69) is 27.9 Å². The number of thiophene rings is 1. The molecule has 0 spiro atoms. The minimum absolute atomic E-state index is 0.194. The summed E-state index contributed by atoms with van der Waals surface area (Å²) in [5.74, 6) is 0.831. The molecule has 1 aromatic carbocycles. The monoisotopic (exact) mass is 308 g/mol. The van der Waals surface area contributed by atoms with Crippen molar-refractivity contribution in [2.24, 2.45) is 0 Å². The van der Waals surface area contributed by atoms with E-state index in [4.69, 9.17) is 11.6 Å². The van der Waals surface area contributed by atoms with Crippen molar-refractivity contribution < 1.29 is 4.39 Å². The fraction of sp³-hybridized carbons (Fsp3) is 0.267. The lowest BCUT2D eigenvalue weighted by Gasteiger charge is -2.18. The second-order valence-corrected chi connectivity index (χ2v) is 5.85. The fourth-order valence-corrected chi connectivity index (χ4v) is 3.64. The van der Waals surface area contributed by atoms with Crippen LogP contribution in [0.1, 0.15) is 30.1 Å². The number of hydrogen-bond donors (Lipinski definition) is 0. The summed E-state index contributed by atoms with van der Waals surface area (Å²) in [7, 11) is 0. The molecular weight excluding hydrogens is 295 g/mol. The molecule has 0 radical (unpaired) electrons. The summed E-state index contributed by atoms with van der Waals surface area (Å²) in [5, 5.41) is 2.07. The molecule has 1 unspecified atom stereocenters. The van der Waals surface area contributed by atoms with Crippen LogP contribution in [0.4, 0.5) is 4.39 Å². The second-order valence-electron chi connectivity index (χ2n) is 4.60. The third-order valence-corrected chi connectivity index (χ3v) is 4.63. The van der Waals surface area contributed by atoms with E-state index >= 15 is 0 Å². The highest BCUT2D eigenvalue weighted by Crippen LogP contribution is 2.31. The normalized spacial score (nSPS) is 12.9. The van der Waals surface area contributed by atoms with Crippen molar-refractivity contribution in [1.82, 2.24) is 9.55 Å². The predicted octanol–water partition coefficient (Wildman–Crippen LogP) is 4.98. The van der Waals surface area contributed by atoms with Gasteiger partial charge in [0, 0.05) is 10.9 Å². The van der Waals surface area contributed by atoms with Crippen LogP contribution < -0.4 is 0 Å². The van der Waals surface area contributed by atoms with Crippen molar-refractivity contribution in [2.45, 2.75) is 25.3 Å². The number of rotatable bonds is 4. The maximum Gasteiger partial charge on any atom is 0.125 e. The van der Waals surface area contributed by atoms with E-state index in [0.717, 1.165) is 17.8 Å².